The summed E-state index contributed by atoms with van der Waals surface area (Å²) >= 11 is 0. The summed E-state index contributed by atoms with van der Waals surface area (Å²) in [7, 11) is 0. The van der Waals surface area contributed by atoms with Crippen LogP contribution in [0.3, 0.4) is 0 Å². The maximum atomic E-state index is 12.9. The molecule has 0 radical (unpaired) electrons. The van der Waals surface area contributed by atoms with Crippen molar-refractivity contribution >= 4 is 17.9 Å². The third-order valence-electron chi connectivity index (χ3n) is 12.7. The van der Waals surface area contributed by atoms with Crippen molar-refractivity contribution in [3.05, 3.63) is 109 Å². The Kier molecular flexibility index (Phi) is 57.4. The topological polar surface area (TPSA) is 78.9 Å². The lowest BCUT2D eigenvalue weighted by Gasteiger charge is -2.18. The molecular weight excluding hydrogens is 901 g/mol. The summed E-state index contributed by atoms with van der Waals surface area (Å²) < 4.78 is 16.8. The first kappa shape index (κ1) is 69.1. The Labute approximate surface area is 450 Å². The molecule has 0 aromatic carbocycles. The van der Waals surface area contributed by atoms with E-state index >= 15 is 0 Å². The Morgan fingerprint density at radius 2 is 0.562 bits per heavy atom. The minimum Gasteiger partial charge on any atom is -0.462 e. The maximum Gasteiger partial charge on any atom is 0.306 e. The highest BCUT2D eigenvalue weighted by molar-refractivity contribution is 5.71. The van der Waals surface area contributed by atoms with Gasteiger partial charge in [0.05, 0.1) is 0 Å². The van der Waals surface area contributed by atoms with Crippen LogP contribution in [0.4, 0.5) is 0 Å². The molecule has 0 unspecified atom stereocenters. The summed E-state index contributed by atoms with van der Waals surface area (Å²) in [6.45, 7) is 6.44. The molecule has 0 aromatic heterocycles. The number of hydrogen-bond donors (Lipinski definition) is 0. The Morgan fingerprint density at radius 1 is 0.288 bits per heavy atom. The van der Waals surface area contributed by atoms with Gasteiger partial charge >= 0.3 is 17.9 Å². The van der Waals surface area contributed by atoms with Gasteiger partial charge in [0.25, 0.3) is 0 Å². The van der Waals surface area contributed by atoms with Crippen molar-refractivity contribution in [2.45, 2.75) is 284 Å². The molecule has 73 heavy (non-hydrogen) atoms. The lowest BCUT2D eigenvalue weighted by atomic mass is 10.1. The average molecular weight is 1010 g/mol. The van der Waals surface area contributed by atoms with Gasteiger partial charge in [-0.25, -0.2) is 0 Å². The van der Waals surface area contributed by atoms with Crippen molar-refractivity contribution in [2.24, 2.45) is 0 Å². The van der Waals surface area contributed by atoms with E-state index in [9.17, 15) is 14.4 Å². The smallest absolute Gasteiger partial charge is 0.306 e. The molecule has 0 fully saturated rings. The van der Waals surface area contributed by atoms with Crippen LogP contribution in [0.2, 0.25) is 0 Å². The first-order chi connectivity index (χ1) is 36.0. The molecule has 0 heterocycles. The predicted octanol–water partition coefficient (Wildman–Crippen LogP) is 20.7. The van der Waals surface area contributed by atoms with Crippen molar-refractivity contribution in [2.75, 3.05) is 13.2 Å². The third kappa shape index (κ3) is 58.8. The number of rotatable bonds is 54. The molecule has 1 atom stereocenters. The van der Waals surface area contributed by atoms with Crippen LogP contribution in [0.25, 0.3) is 0 Å². The molecule has 0 saturated heterocycles. The largest absolute Gasteiger partial charge is 0.462 e. The van der Waals surface area contributed by atoms with E-state index in [1.165, 1.54) is 141 Å². The van der Waals surface area contributed by atoms with Crippen LogP contribution in [0.5, 0.6) is 0 Å². The van der Waals surface area contributed by atoms with Crippen LogP contribution in [-0.2, 0) is 28.6 Å². The molecule has 0 aliphatic heterocycles. The standard InChI is InChI=1S/C67H112O6/c1-4-7-10-13-16-19-22-25-28-31-33-36-39-42-45-48-51-54-57-60-66(69)72-63-64(62-71-65(68)59-56-53-50-47-44-41-38-35-30-27-24-21-18-15-12-9-6-3)73-67(70)61-58-55-52-49-46-43-40-37-34-32-29-26-23-20-17-14-11-8-5-2/h7,10,16,18-19,21,25,27-28,30,32-34,36,42,45,51,54,64H,4-6,8-9,11-15,17,20,22-24,26,29,31,35,37-41,43-44,46-50,52-53,55-63H2,1-3H3/b10-7-,19-16-,21-18-,28-25-,30-27-,34-32-,36-33-,45-42-,54-51-/t64-/m1/s1. The number of carbonyl (C=O) groups excluding carboxylic acids is 3. The first-order valence-corrected chi connectivity index (χ1v) is 30.4. The Balaban J connectivity index is 4.51. The average Bonchev–Trinajstić information content (AvgIpc) is 3.39. The predicted molar refractivity (Wildman–Crippen MR) is 316 cm³/mol. The highest BCUT2D eigenvalue weighted by Crippen LogP contribution is 2.15. The van der Waals surface area contributed by atoms with Crippen molar-refractivity contribution < 1.29 is 28.6 Å². The van der Waals surface area contributed by atoms with Crippen molar-refractivity contribution in [3.63, 3.8) is 0 Å². The van der Waals surface area contributed by atoms with Crippen LogP contribution in [0.15, 0.2) is 109 Å². The van der Waals surface area contributed by atoms with E-state index in [-0.39, 0.29) is 37.5 Å². The third-order valence-corrected chi connectivity index (χ3v) is 12.7. The zero-order valence-corrected chi connectivity index (χ0v) is 47.6. The van der Waals surface area contributed by atoms with Gasteiger partial charge in [-0.1, -0.05) is 252 Å². The quantitative estimate of drug-likeness (QED) is 0.0261. The van der Waals surface area contributed by atoms with E-state index in [2.05, 4.69) is 124 Å². The molecular formula is C67H112O6. The van der Waals surface area contributed by atoms with E-state index in [0.717, 1.165) is 89.9 Å². The fraction of sp³-hybridized carbons (Fsp3) is 0.687. The van der Waals surface area contributed by atoms with E-state index in [4.69, 9.17) is 14.2 Å². The Bertz CT molecular complexity index is 1490. The van der Waals surface area contributed by atoms with Gasteiger partial charge in [0.1, 0.15) is 13.2 Å². The number of carbonyl (C=O) groups is 3. The fourth-order valence-corrected chi connectivity index (χ4v) is 8.20. The van der Waals surface area contributed by atoms with Gasteiger partial charge in [-0.05, 0) is 116 Å². The molecule has 6 heteroatoms. The van der Waals surface area contributed by atoms with E-state index in [1.54, 1.807) is 0 Å². The van der Waals surface area contributed by atoms with E-state index < -0.39 is 6.10 Å². The van der Waals surface area contributed by atoms with Crippen molar-refractivity contribution in [3.8, 4) is 0 Å². The molecule has 0 aromatic rings. The minimum atomic E-state index is -0.817. The summed E-state index contributed by atoms with van der Waals surface area (Å²) in [5.74, 6) is -1.00. The van der Waals surface area contributed by atoms with E-state index in [1.807, 2.05) is 6.08 Å². The SMILES string of the molecule is CC/C=C\C/C=C\C/C=C\C/C=C\C/C=C\C/C=C\CCC(=O)OC[C@@H](COC(=O)CCCCCCCCC/C=C\C/C=C\CCCCC)OC(=O)CCCCCCCCC/C=C\CCCCCCCCCC. The van der Waals surface area contributed by atoms with E-state index in [0.29, 0.717) is 19.3 Å². The molecule has 0 saturated carbocycles. The zero-order chi connectivity index (χ0) is 52.9. The van der Waals surface area contributed by atoms with Gasteiger partial charge in [0.2, 0.25) is 0 Å². The second kappa shape index (κ2) is 60.6. The lowest BCUT2D eigenvalue weighted by molar-refractivity contribution is -0.166. The van der Waals surface area contributed by atoms with Gasteiger partial charge in [0.15, 0.2) is 6.10 Å². The van der Waals surface area contributed by atoms with Gasteiger partial charge in [0, 0.05) is 19.3 Å². The highest BCUT2D eigenvalue weighted by Gasteiger charge is 2.19. The molecule has 6 nitrogen and oxygen atoms in total. The van der Waals surface area contributed by atoms with Crippen molar-refractivity contribution in [1.29, 1.82) is 0 Å². The van der Waals surface area contributed by atoms with Crippen LogP contribution in [0, 0.1) is 0 Å². The highest BCUT2D eigenvalue weighted by atomic mass is 16.6. The van der Waals surface area contributed by atoms with Gasteiger partial charge < -0.3 is 14.2 Å². The maximum absolute atomic E-state index is 12.9. The number of allylic oxidation sites excluding steroid dienone is 18. The van der Waals surface area contributed by atoms with Crippen LogP contribution >= 0.6 is 0 Å². The van der Waals surface area contributed by atoms with Gasteiger partial charge in [-0.15, -0.1) is 0 Å². The number of esters is 3. The number of unbranched alkanes of at least 4 members (excludes halogenated alkanes) is 25. The summed E-state index contributed by atoms with van der Waals surface area (Å²) in [6, 6.07) is 0. The van der Waals surface area contributed by atoms with Crippen molar-refractivity contribution in [1.82, 2.24) is 0 Å². The van der Waals surface area contributed by atoms with Crippen LogP contribution < -0.4 is 0 Å². The van der Waals surface area contributed by atoms with Crippen LogP contribution in [0.1, 0.15) is 278 Å². The molecule has 416 valence electrons. The normalized spacial score (nSPS) is 12.9. The monoisotopic (exact) mass is 1010 g/mol. The molecule has 0 N–H and O–H groups in total. The number of ether oxygens (including phenoxy) is 3. The summed E-state index contributed by atoms with van der Waals surface area (Å²) in [6.07, 6.45) is 82.3. The molecule has 0 aliphatic rings. The second-order valence-corrected chi connectivity index (χ2v) is 19.9. The summed E-state index contributed by atoms with van der Waals surface area (Å²) in [5, 5.41) is 0. The van der Waals surface area contributed by atoms with Gasteiger partial charge in [-0.3, -0.25) is 14.4 Å². The molecule has 0 aliphatic carbocycles. The zero-order valence-electron chi connectivity index (χ0n) is 47.6. The fourth-order valence-electron chi connectivity index (χ4n) is 8.20. The van der Waals surface area contributed by atoms with Crippen LogP contribution in [-0.4, -0.2) is 37.2 Å². The van der Waals surface area contributed by atoms with Gasteiger partial charge in [-0.2, -0.15) is 0 Å². The number of hydrogen-bond acceptors (Lipinski definition) is 6. The lowest BCUT2D eigenvalue weighted by Crippen LogP contribution is -2.30. The first-order valence-electron chi connectivity index (χ1n) is 30.4. The molecule has 0 rings (SSSR count). The summed E-state index contributed by atoms with van der Waals surface area (Å²) in [4.78, 5) is 38.2. The minimum absolute atomic E-state index is 0.108. The Morgan fingerprint density at radius 3 is 0.959 bits per heavy atom. The molecule has 0 spiro atoms. The second-order valence-electron chi connectivity index (χ2n) is 19.9. The Hall–Kier alpha value is -3.93. The summed E-state index contributed by atoms with van der Waals surface area (Å²) in [5.41, 5.74) is 0. The molecule has 0 amide bonds. The molecule has 0 bridgehead atoms.